The SMILES string of the molecule is CCOC(=O)C1CCN(Cc2c(C(F)(F)F)nc3c(NC(=O)c4c(Cl)cccc4Cl)cccn23)CC1. The summed E-state index contributed by atoms with van der Waals surface area (Å²) in [5, 5.41) is 2.80. The number of carbonyl (C=O) groups excluding carboxylic acids is 2. The standard InChI is InChI=1S/C24H23Cl2F3N4O3/c1-2-36-23(35)14-8-11-32(12-9-14)13-18-20(24(27,28)29)31-21-17(7-4-10-33(18)21)30-22(34)19-15(25)5-3-6-16(19)26/h3-7,10,14H,2,8-9,11-13H2,1H3,(H,30,34). The topological polar surface area (TPSA) is 75.9 Å². The second-order valence-electron chi connectivity index (χ2n) is 8.37. The van der Waals surface area contributed by atoms with Crippen LogP contribution in [-0.2, 0) is 22.3 Å². The average Bonchev–Trinajstić information content (AvgIpc) is 3.19. The van der Waals surface area contributed by atoms with Crippen LogP contribution in [0.1, 0.15) is 41.5 Å². The molecule has 2 aromatic heterocycles. The average molecular weight is 543 g/mol. The van der Waals surface area contributed by atoms with Crippen LogP contribution in [0.15, 0.2) is 36.5 Å². The molecule has 0 bridgehead atoms. The van der Waals surface area contributed by atoms with Gasteiger partial charge in [-0.3, -0.25) is 14.5 Å². The first kappa shape index (κ1) is 26.2. The highest BCUT2D eigenvalue weighted by atomic mass is 35.5. The normalized spacial score (nSPS) is 15.3. The number of benzene rings is 1. The molecule has 3 heterocycles. The maximum absolute atomic E-state index is 14.0. The Kier molecular flexibility index (Phi) is 7.77. The van der Waals surface area contributed by atoms with E-state index in [1.54, 1.807) is 13.0 Å². The number of nitrogens with zero attached hydrogens (tertiary/aromatic N) is 3. The minimum absolute atomic E-state index is 0.00938. The summed E-state index contributed by atoms with van der Waals surface area (Å²) in [5.41, 5.74) is -1.06. The highest BCUT2D eigenvalue weighted by molar-refractivity contribution is 6.40. The fourth-order valence-corrected chi connectivity index (χ4v) is 4.86. The van der Waals surface area contributed by atoms with Gasteiger partial charge in [-0.2, -0.15) is 13.2 Å². The molecule has 1 aliphatic rings. The summed E-state index contributed by atoms with van der Waals surface area (Å²) < 4.78 is 48.3. The van der Waals surface area contributed by atoms with Gasteiger partial charge in [0.1, 0.15) is 0 Å². The Balaban J connectivity index is 1.63. The fraction of sp³-hybridized carbons (Fsp3) is 0.375. The molecule has 0 saturated carbocycles. The van der Waals surface area contributed by atoms with Gasteiger partial charge in [-0.15, -0.1) is 0 Å². The van der Waals surface area contributed by atoms with Crippen LogP contribution in [0.2, 0.25) is 10.0 Å². The van der Waals surface area contributed by atoms with Crippen LogP contribution in [0, 0.1) is 5.92 Å². The van der Waals surface area contributed by atoms with Gasteiger partial charge in [-0.05, 0) is 57.1 Å². The van der Waals surface area contributed by atoms with Crippen LogP contribution in [0.5, 0.6) is 0 Å². The summed E-state index contributed by atoms with van der Waals surface area (Å²) in [7, 11) is 0. The zero-order valence-electron chi connectivity index (χ0n) is 19.2. The number of esters is 1. The van der Waals surface area contributed by atoms with Crippen molar-refractivity contribution in [1.29, 1.82) is 0 Å². The van der Waals surface area contributed by atoms with E-state index in [-0.39, 0.29) is 57.7 Å². The number of fused-ring (bicyclic) bond motifs is 1. The Labute approximate surface area is 215 Å². The molecular formula is C24H23Cl2F3N4O3. The minimum Gasteiger partial charge on any atom is -0.466 e. The molecular weight excluding hydrogens is 520 g/mol. The van der Waals surface area contributed by atoms with E-state index in [1.807, 2.05) is 4.90 Å². The van der Waals surface area contributed by atoms with Crippen molar-refractivity contribution in [1.82, 2.24) is 14.3 Å². The lowest BCUT2D eigenvalue weighted by molar-refractivity contribution is -0.149. The van der Waals surface area contributed by atoms with Gasteiger partial charge in [0, 0.05) is 12.7 Å². The number of nitrogens with one attached hydrogen (secondary N) is 1. The highest BCUT2D eigenvalue weighted by Crippen LogP contribution is 2.35. The Morgan fingerprint density at radius 1 is 1.14 bits per heavy atom. The summed E-state index contributed by atoms with van der Waals surface area (Å²) in [6.45, 7) is 2.87. The lowest BCUT2D eigenvalue weighted by Gasteiger charge is -2.30. The van der Waals surface area contributed by atoms with Gasteiger partial charge < -0.3 is 14.5 Å². The van der Waals surface area contributed by atoms with Crippen molar-refractivity contribution >= 4 is 46.4 Å². The summed E-state index contributed by atoms with van der Waals surface area (Å²) in [5.74, 6) is -1.20. The van der Waals surface area contributed by atoms with Crippen LogP contribution in [0.25, 0.3) is 5.65 Å². The van der Waals surface area contributed by atoms with Crippen LogP contribution in [-0.4, -0.2) is 45.9 Å². The summed E-state index contributed by atoms with van der Waals surface area (Å²) in [4.78, 5) is 30.6. The lowest BCUT2D eigenvalue weighted by atomic mass is 9.97. The molecule has 0 unspecified atom stereocenters. The van der Waals surface area contributed by atoms with Crippen LogP contribution in [0.3, 0.4) is 0 Å². The number of hydrogen-bond donors (Lipinski definition) is 1. The number of ether oxygens (including phenoxy) is 1. The minimum atomic E-state index is -4.71. The monoisotopic (exact) mass is 542 g/mol. The molecule has 0 radical (unpaired) electrons. The number of carbonyl (C=O) groups is 2. The molecule has 1 fully saturated rings. The maximum atomic E-state index is 14.0. The molecule has 1 N–H and O–H groups in total. The van der Waals surface area contributed by atoms with E-state index < -0.39 is 17.8 Å². The van der Waals surface area contributed by atoms with Crippen molar-refractivity contribution < 1.29 is 27.5 Å². The van der Waals surface area contributed by atoms with Crippen molar-refractivity contribution in [3.63, 3.8) is 0 Å². The molecule has 1 aliphatic heterocycles. The number of aromatic nitrogens is 2. The molecule has 36 heavy (non-hydrogen) atoms. The van der Waals surface area contributed by atoms with Crippen LogP contribution in [0.4, 0.5) is 18.9 Å². The molecule has 4 rings (SSSR count). The second-order valence-corrected chi connectivity index (χ2v) is 9.19. The van der Waals surface area contributed by atoms with E-state index in [0.717, 1.165) is 0 Å². The van der Waals surface area contributed by atoms with Gasteiger partial charge in [0.15, 0.2) is 11.3 Å². The van der Waals surface area contributed by atoms with E-state index in [4.69, 9.17) is 27.9 Å². The number of imidazole rings is 1. The third-order valence-corrected chi connectivity index (χ3v) is 6.67. The number of amides is 1. The molecule has 3 aromatic rings. The number of piperidine rings is 1. The third kappa shape index (κ3) is 5.45. The number of hydrogen-bond acceptors (Lipinski definition) is 5. The van der Waals surface area contributed by atoms with Crippen molar-refractivity contribution in [3.8, 4) is 0 Å². The molecule has 0 atom stereocenters. The first-order chi connectivity index (χ1) is 17.1. The molecule has 0 aliphatic carbocycles. The Morgan fingerprint density at radius 2 is 1.81 bits per heavy atom. The number of likely N-dealkylation sites (tertiary alicyclic amines) is 1. The first-order valence-electron chi connectivity index (χ1n) is 11.3. The molecule has 1 amide bonds. The molecule has 7 nitrogen and oxygen atoms in total. The van der Waals surface area contributed by atoms with Crippen molar-refractivity contribution in [2.75, 3.05) is 25.0 Å². The van der Waals surface area contributed by atoms with Gasteiger partial charge in [-0.25, -0.2) is 4.98 Å². The number of pyridine rings is 1. The zero-order chi connectivity index (χ0) is 26.0. The van der Waals surface area contributed by atoms with Crippen LogP contribution < -0.4 is 5.32 Å². The second kappa shape index (κ2) is 10.7. The van der Waals surface area contributed by atoms with Gasteiger partial charge in [0.2, 0.25) is 0 Å². The van der Waals surface area contributed by atoms with Crippen molar-refractivity contribution in [2.24, 2.45) is 5.92 Å². The predicted octanol–water partition coefficient (Wildman–Crippen LogP) is 5.69. The molecule has 1 aromatic carbocycles. The lowest BCUT2D eigenvalue weighted by Crippen LogP contribution is -2.37. The number of halogens is 5. The molecule has 1 saturated heterocycles. The smallest absolute Gasteiger partial charge is 0.435 e. The predicted molar refractivity (Wildman–Crippen MR) is 129 cm³/mol. The zero-order valence-corrected chi connectivity index (χ0v) is 20.8. The van der Waals surface area contributed by atoms with Crippen LogP contribution >= 0.6 is 23.2 Å². The van der Waals surface area contributed by atoms with Crippen molar-refractivity contribution in [2.45, 2.75) is 32.5 Å². The number of anilines is 1. The molecule has 0 spiro atoms. The van der Waals surface area contributed by atoms with E-state index in [0.29, 0.717) is 25.9 Å². The molecule has 192 valence electrons. The van der Waals surface area contributed by atoms with E-state index in [9.17, 15) is 22.8 Å². The molecule has 12 heteroatoms. The fourth-order valence-electron chi connectivity index (χ4n) is 4.29. The largest absolute Gasteiger partial charge is 0.466 e. The number of rotatable bonds is 6. The summed E-state index contributed by atoms with van der Waals surface area (Å²) in [6, 6.07) is 7.54. The summed E-state index contributed by atoms with van der Waals surface area (Å²) >= 11 is 12.2. The summed E-state index contributed by atoms with van der Waals surface area (Å²) in [6.07, 6.45) is -2.25. The van der Waals surface area contributed by atoms with Gasteiger partial charge in [0.05, 0.1) is 39.5 Å². The maximum Gasteiger partial charge on any atom is 0.435 e. The van der Waals surface area contributed by atoms with Gasteiger partial charge >= 0.3 is 12.1 Å². The van der Waals surface area contributed by atoms with E-state index in [1.165, 1.54) is 34.9 Å². The van der Waals surface area contributed by atoms with Gasteiger partial charge in [0.25, 0.3) is 5.91 Å². The Hall–Kier alpha value is -2.82. The van der Waals surface area contributed by atoms with E-state index in [2.05, 4.69) is 10.3 Å². The van der Waals surface area contributed by atoms with Gasteiger partial charge in [-0.1, -0.05) is 29.3 Å². The third-order valence-electron chi connectivity index (χ3n) is 6.04. The van der Waals surface area contributed by atoms with E-state index >= 15 is 0 Å². The Bertz CT molecular complexity index is 1270. The van der Waals surface area contributed by atoms with Crippen molar-refractivity contribution in [3.05, 3.63) is 63.5 Å². The quantitative estimate of drug-likeness (QED) is 0.405. The number of alkyl halides is 3. The first-order valence-corrected chi connectivity index (χ1v) is 12.1. The highest BCUT2D eigenvalue weighted by Gasteiger charge is 2.39. The Morgan fingerprint density at radius 3 is 2.42 bits per heavy atom.